The van der Waals surface area contributed by atoms with Gasteiger partial charge >= 0.3 is 0 Å². The number of nitroso groups, excluding NO2 is 1. The van der Waals surface area contributed by atoms with Crippen molar-refractivity contribution in [1.29, 1.82) is 0 Å². The van der Waals surface area contributed by atoms with Crippen LogP contribution in [0.4, 0.5) is 0 Å². The molecule has 0 aliphatic carbocycles. The van der Waals surface area contributed by atoms with Crippen molar-refractivity contribution < 1.29 is 9.55 Å². The number of likely N-dealkylation sites (N-methyl/N-ethyl adjacent to an activating group) is 1. The Balaban J connectivity index is 1.26. The second-order valence-corrected chi connectivity index (χ2v) is 20.5. The highest BCUT2D eigenvalue weighted by molar-refractivity contribution is 7.28. The Kier molecular flexibility index (Phi) is 7.45. The summed E-state index contributed by atoms with van der Waals surface area (Å²) in [6.07, 6.45) is 0. The van der Waals surface area contributed by atoms with Gasteiger partial charge in [-0.15, -0.1) is 68.0 Å². The van der Waals surface area contributed by atoms with Crippen LogP contribution in [0.3, 0.4) is 0 Å². The van der Waals surface area contributed by atoms with Gasteiger partial charge in [-0.25, -0.2) is 0 Å². The summed E-state index contributed by atoms with van der Waals surface area (Å²) >= 11 is 10.8. The zero-order valence-corrected chi connectivity index (χ0v) is 33.8. The van der Waals surface area contributed by atoms with E-state index in [0.29, 0.717) is 11.3 Å². The summed E-state index contributed by atoms with van der Waals surface area (Å²) < 4.78 is 3.79. The second kappa shape index (κ2) is 11.5. The first-order valence-electron chi connectivity index (χ1n) is 16.5. The monoisotopic (exact) mass is 765 g/mol. The van der Waals surface area contributed by atoms with E-state index in [1.54, 1.807) is 27.6 Å². The lowest BCUT2D eigenvalue weighted by molar-refractivity contribution is -0.475. The molecular weight excluding hydrogens is 733 g/mol. The molecule has 1 aromatic carbocycles. The van der Waals surface area contributed by atoms with E-state index in [4.69, 9.17) is 0 Å². The minimum atomic E-state index is -0.452. The highest BCUT2D eigenvalue weighted by Crippen LogP contribution is 2.55. The summed E-state index contributed by atoms with van der Waals surface area (Å²) in [6, 6.07) is 17.6. The van der Waals surface area contributed by atoms with Gasteiger partial charge in [0.15, 0.2) is 0 Å². The van der Waals surface area contributed by atoms with Crippen LogP contribution in [0.15, 0.2) is 59.8 Å². The van der Waals surface area contributed by atoms with Gasteiger partial charge in [0.2, 0.25) is 6.04 Å². The lowest BCUT2D eigenvalue weighted by Gasteiger charge is -2.09. The Labute approximate surface area is 314 Å². The molecule has 6 aromatic heterocycles. The predicted octanol–water partition coefficient (Wildman–Crippen LogP) is 13.0. The van der Waals surface area contributed by atoms with Gasteiger partial charge in [-0.2, -0.15) is 0 Å². The Hall–Kier alpha value is -3.51. The van der Waals surface area contributed by atoms with Crippen LogP contribution < -0.4 is 0 Å². The maximum atomic E-state index is 14.1. The molecule has 0 fully saturated rings. The van der Waals surface area contributed by atoms with Crippen molar-refractivity contribution in [2.24, 2.45) is 0 Å². The summed E-state index contributed by atoms with van der Waals surface area (Å²) in [5.41, 5.74) is 7.84. The van der Waals surface area contributed by atoms with Crippen LogP contribution in [0, 0.1) is 46.4 Å². The number of fused-ring (bicyclic) bond motifs is 3. The normalized spacial score (nSPS) is 16.5. The highest BCUT2D eigenvalue weighted by Gasteiger charge is 2.53. The van der Waals surface area contributed by atoms with Gasteiger partial charge in [0, 0.05) is 98.8 Å². The first-order valence-corrected chi connectivity index (χ1v) is 21.4. The van der Waals surface area contributed by atoms with Crippen LogP contribution in [0.25, 0.3) is 62.1 Å². The molecule has 250 valence electrons. The summed E-state index contributed by atoms with van der Waals surface area (Å²) in [5.74, 6) is -0.0328. The van der Waals surface area contributed by atoms with Gasteiger partial charge in [-0.1, -0.05) is 0 Å². The molecule has 0 saturated heterocycles. The van der Waals surface area contributed by atoms with Gasteiger partial charge in [-0.3, -0.25) is 4.79 Å². The summed E-state index contributed by atoms with van der Waals surface area (Å²) in [6.45, 7) is 14.8. The molecule has 8 heterocycles. The minimum Gasteiger partial charge on any atom is -0.305 e. The largest absolute Gasteiger partial charge is 0.305 e. The van der Waals surface area contributed by atoms with E-state index in [2.05, 4.69) is 90.1 Å². The summed E-state index contributed by atoms with van der Waals surface area (Å²) in [7, 11) is 1.81. The van der Waals surface area contributed by atoms with Crippen molar-refractivity contribution in [1.82, 2.24) is 4.90 Å². The third kappa shape index (κ3) is 4.65. The van der Waals surface area contributed by atoms with Crippen LogP contribution in [0.5, 0.6) is 0 Å². The maximum absolute atomic E-state index is 14.1. The number of hydrogen-bond donors (Lipinski definition) is 0. The molecule has 50 heavy (non-hydrogen) atoms. The standard InChI is InChI=1S/C40H33N2O2S6/c1-17-13-28(48-23(17)7)34-31-22(6)42(44)35(36(31)41(8)40(34)43)29-14-18(2)37(49-29)30-16-25-33(27-12-10-20(4)46-27)38-24(15-21(5)47-38)32(39(25)50-30)26-11-9-19(3)45-26/h9-16,22H,1-8H3/q+1. The lowest BCUT2D eigenvalue weighted by Crippen LogP contribution is -2.21. The molecule has 1 unspecified atom stereocenters. The smallest absolute Gasteiger partial charge is 0.297 e. The molecule has 0 bridgehead atoms. The third-order valence-electron chi connectivity index (χ3n) is 9.93. The second-order valence-electron chi connectivity index (χ2n) is 13.3. The highest BCUT2D eigenvalue weighted by atomic mass is 32.1. The fourth-order valence-corrected chi connectivity index (χ4v) is 14.2. The number of benzene rings is 1. The zero-order valence-electron chi connectivity index (χ0n) is 28.9. The number of nitrogens with zero attached hydrogens (tertiary/aromatic N) is 2. The van der Waals surface area contributed by atoms with Crippen LogP contribution in [-0.2, 0) is 4.79 Å². The van der Waals surface area contributed by atoms with E-state index in [1.165, 1.54) is 75.9 Å². The number of hydrogen-bond acceptors (Lipinski definition) is 8. The maximum Gasteiger partial charge on any atom is 0.297 e. The van der Waals surface area contributed by atoms with Crippen molar-refractivity contribution in [2.45, 2.75) is 54.5 Å². The van der Waals surface area contributed by atoms with Gasteiger partial charge in [0.25, 0.3) is 11.6 Å². The van der Waals surface area contributed by atoms with Crippen LogP contribution in [0.2, 0.25) is 0 Å². The summed E-state index contributed by atoms with van der Waals surface area (Å²) in [5, 5.41) is 2.62. The average Bonchev–Trinajstić information content (AvgIpc) is 3.93. The first-order chi connectivity index (χ1) is 23.9. The molecule has 1 amide bonds. The number of carbonyl (C=O) groups excluding carboxylic acids is 1. The Bertz CT molecular complexity index is 2580. The van der Waals surface area contributed by atoms with Gasteiger partial charge < -0.3 is 4.90 Å². The van der Waals surface area contributed by atoms with E-state index in [1.807, 2.05) is 59.3 Å². The number of thiophene rings is 6. The first kappa shape index (κ1) is 32.4. The molecule has 0 saturated carbocycles. The van der Waals surface area contributed by atoms with E-state index >= 15 is 0 Å². The average molecular weight is 766 g/mol. The van der Waals surface area contributed by atoms with Crippen LogP contribution in [-0.4, -0.2) is 28.7 Å². The zero-order chi connectivity index (χ0) is 34.9. The minimum absolute atomic E-state index is 0.0328. The van der Waals surface area contributed by atoms with Crippen molar-refractivity contribution in [2.75, 3.05) is 7.05 Å². The predicted molar refractivity (Wildman–Crippen MR) is 220 cm³/mol. The van der Waals surface area contributed by atoms with Crippen molar-refractivity contribution in [3.63, 3.8) is 0 Å². The number of aryl methyl sites for hydroxylation is 6. The Morgan fingerprint density at radius 1 is 0.640 bits per heavy atom. The van der Waals surface area contributed by atoms with E-state index in [-0.39, 0.29) is 5.91 Å². The molecule has 2 aliphatic heterocycles. The number of rotatable bonds is 5. The number of carbonyl (C=O) groups is 1. The van der Waals surface area contributed by atoms with Crippen molar-refractivity contribution in [3.8, 4) is 30.6 Å². The fourth-order valence-electron chi connectivity index (χ4n) is 7.43. The lowest BCUT2D eigenvalue weighted by atomic mass is 9.99. The van der Waals surface area contributed by atoms with E-state index in [9.17, 15) is 9.70 Å². The Morgan fingerprint density at radius 2 is 1.26 bits per heavy atom. The third-order valence-corrected chi connectivity index (χ3v) is 16.8. The molecule has 1 atom stereocenters. The van der Waals surface area contributed by atoms with Crippen LogP contribution >= 0.6 is 68.0 Å². The quantitative estimate of drug-likeness (QED) is 0.164. The molecular formula is C40H33N2O2S6+. The summed E-state index contributed by atoms with van der Waals surface area (Å²) in [4.78, 5) is 41.5. The molecule has 9 rings (SSSR count). The molecule has 2 aliphatic rings. The van der Waals surface area contributed by atoms with Gasteiger partial charge in [0.05, 0.1) is 11.1 Å². The Morgan fingerprint density at radius 3 is 1.86 bits per heavy atom. The molecule has 7 aromatic rings. The van der Waals surface area contributed by atoms with Crippen molar-refractivity contribution in [3.05, 3.63) is 105 Å². The topological polar surface area (TPSA) is 40.4 Å². The number of amides is 1. The fraction of sp³-hybridized carbons (Fsp3) is 0.225. The molecule has 10 heteroatoms. The van der Waals surface area contributed by atoms with Crippen molar-refractivity contribution >= 4 is 105 Å². The van der Waals surface area contributed by atoms with E-state index in [0.717, 1.165) is 31.3 Å². The molecule has 0 N–H and O–H groups in total. The molecule has 0 radical (unpaired) electrons. The molecule has 0 spiro atoms. The molecule has 4 nitrogen and oxygen atoms in total. The SMILES string of the molecule is Cc1ccc(-c2c3cc(-c4sc(C5=C6C(=C(c7cc(C)c(C)s7)C(=O)N6C)C(C)[N+]5=O)cc4C)sc3c(-c3ccc(C)s3)c3cc(C)sc23)s1. The van der Waals surface area contributed by atoms with Crippen LogP contribution in [0.1, 0.15) is 47.3 Å². The van der Waals surface area contributed by atoms with Gasteiger partial charge in [-0.05, 0) is 101 Å². The van der Waals surface area contributed by atoms with E-state index < -0.39 is 6.04 Å². The van der Waals surface area contributed by atoms with Gasteiger partial charge in [0.1, 0.15) is 10.6 Å².